The Kier molecular flexibility index (Phi) is 6.70. The van der Waals surface area contributed by atoms with Crippen LogP contribution in [0.15, 0.2) is 18.2 Å². The number of nitrogen functional groups attached to an aromatic ring is 1. The normalized spacial score (nSPS) is 10.2. The van der Waals surface area contributed by atoms with Gasteiger partial charge in [0.1, 0.15) is 5.75 Å². The molecule has 0 saturated heterocycles. The molecule has 1 aromatic carbocycles. The Labute approximate surface area is 121 Å². The first kappa shape index (κ1) is 16.1. The van der Waals surface area contributed by atoms with Gasteiger partial charge in [-0.25, -0.2) is 0 Å². The fourth-order valence-electron chi connectivity index (χ4n) is 1.90. The number of carbonyl (C=O) groups is 1. The molecular weight excluding hydrogens is 254 g/mol. The molecule has 0 fully saturated rings. The molecule has 1 amide bonds. The standard InChI is InChI=1S/C15H25N3O2/c1-4-10-20-13-9-7-8-12(15(13)16)17-11-14(19)18(5-2)6-3/h7-9,17H,4-6,10-11,16H2,1-3H3. The first-order valence-electron chi connectivity index (χ1n) is 7.16. The summed E-state index contributed by atoms with van der Waals surface area (Å²) < 4.78 is 5.56. The molecule has 0 aliphatic heterocycles. The largest absolute Gasteiger partial charge is 0.491 e. The molecule has 1 aromatic rings. The molecule has 112 valence electrons. The van der Waals surface area contributed by atoms with Crippen LogP contribution in [0.25, 0.3) is 0 Å². The maximum Gasteiger partial charge on any atom is 0.241 e. The number of amides is 1. The summed E-state index contributed by atoms with van der Waals surface area (Å²) in [5, 5.41) is 3.08. The van der Waals surface area contributed by atoms with Gasteiger partial charge in [-0.2, -0.15) is 0 Å². The van der Waals surface area contributed by atoms with Gasteiger partial charge in [0, 0.05) is 13.1 Å². The Bertz CT molecular complexity index is 431. The minimum absolute atomic E-state index is 0.0641. The molecule has 20 heavy (non-hydrogen) atoms. The van der Waals surface area contributed by atoms with Crippen LogP contribution in [0.5, 0.6) is 5.75 Å². The van der Waals surface area contributed by atoms with Crippen LogP contribution in [0.1, 0.15) is 27.2 Å². The van der Waals surface area contributed by atoms with Gasteiger partial charge in [-0.3, -0.25) is 4.79 Å². The fourth-order valence-corrected chi connectivity index (χ4v) is 1.90. The highest BCUT2D eigenvalue weighted by molar-refractivity contribution is 5.83. The number of nitrogens with zero attached hydrogens (tertiary/aromatic N) is 1. The van der Waals surface area contributed by atoms with E-state index in [0.29, 0.717) is 31.1 Å². The van der Waals surface area contributed by atoms with Crippen molar-refractivity contribution in [1.29, 1.82) is 0 Å². The monoisotopic (exact) mass is 279 g/mol. The number of nitrogens with two attached hydrogens (primary N) is 1. The van der Waals surface area contributed by atoms with Crippen molar-refractivity contribution in [3.8, 4) is 5.75 Å². The number of para-hydroxylation sites is 1. The molecule has 0 saturated carbocycles. The van der Waals surface area contributed by atoms with Crippen LogP contribution in [0.2, 0.25) is 0 Å². The molecule has 0 bridgehead atoms. The Balaban J connectivity index is 2.66. The summed E-state index contributed by atoms with van der Waals surface area (Å²) in [6, 6.07) is 5.55. The van der Waals surface area contributed by atoms with Crippen LogP contribution in [-0.2, 0) is 4.79 Å². The third-order valence-corrected chi connectivity index (χ3v) is 3.07. The SMILES string of the molecule is CCCOc1cccc(NCC(=O)N(CC)CC)c1N. The lowest BCUT2D eigenvalue weighted by molar-refractivity contribution is -0.128. The number of anilines is 2. The Hall–Kier alpha value is -1.91. The van der Waals surface area contributed by atoms with Crippen molar-refractivity contribution in [2.24, 2.45) is 0 Å². The molecular formula is C15H25N3O2. The number of hydrogen-bond acceptors (Lipinski definition) is 4. The van der Waals surface area contributed by atoms with E-state index in [1.807, 2.05) is 39.0 Å². The Morgan fingerprint density at radius 3 is 2.60 bits per heavy atom. The van der Waals surface area contributed by atoms with E-state index in [2.05, 4.69) is 5.32 Å². The van der Waals surface area contributed by atoms with Gasteiger partial charge in [0.05, 0.1) is 24.5 Å². The number of carbonyl (C=O) groups excluding carboxylic acids is 1. The summed E-state index contributed by atoms with van der Waals surface area (Å²) in [6.07, 6.45) is 0.928. The first-order valence-corrected chi connectivity index (χ1v) is 7.16. The van der Waals surface area contributed by atoms with E-state index in [9.17, 15) is 4.79 Å². The summed E-state index contributed by atoms with van der Waals surface area (Å²) in [5.74, 6) is 0.724. The van der Waals surface area contributed by atoms with Gasteiger partial charge in [-0.05, 0) is 32.4 Å². The number of likely N-dealkylation sites (N-methyl/N-ethyl adjacent to an activating group) is 1. The van der Waals surface area contributed by atoms with Crippen LogP contribution in [0, 0.1) is 0 Å². The summed E-state index contributed by atoms with van der Waals surface area (Å²) in [4.78, 5) is 13.7. The second-order valence-electron chi connectivity index (χ2n) is 4.49. The van der Waals surface area contributed by atoms with Crippen molar-refractivity contribution in [3.05, 3.63) is 18.2 Å². The molecule has 0 aliphatic carbocycles. The van der Waals surface area contributed by atoms with Gasteiger partial charge in [0.2, 0.25) is 5.91 Å². The minimum atomic E-state index is 0.0641. The molecule has 5 nitrogen and oxygen atoms in total. The highest BCUT2D eigenvalue weighted by atomic mass is 16.5. The third kappa shape index (κ3) is 4.33. The lowest BCUT2D eigenvalue weighted by atomic mass is 10.2. The predicted molar refractivity (Wildman–Crippen MR) is 83.1 cm³/mol. The molecule has 0 aromatic heterocycles. The molecule has 0 unspecified atom stereocenters. The average molecular weight is 279 g/mol. The minimum Gasteiger partial charge on any atom is -0.491 e. The first-order chi connectivity index (χ1) is 9.63. The van der Waals surface area contributed by atoms with Crippen molar-refractivity contribution in [2.75, 3.05) is 37.3 Å². The van der Waals surface area contributed by atoms with Crippen molar-refractivity contribution in [2.45, 2.75) is 27.2 Å². The fraction of sp³-hybridized carbons (Fsp3) is 0.533. The number of ether oxygens (including phenoxy) is 1. The van der Waals surface area contributed by atoms with Crippen LogP contribution in [0.3, 0.4) is 0 Å². The Morgan fingerprint density at radius 1 is 1.30 bits per heavy atom. The van der Waals surface area contributed by atoms with Gasteiger partial charge in [-0.15, -0.1) is 0 Å². The number of hydrogen-bond donors (Lipinski definition) is 2. The van der Waals surface area contributed by atoms with Crippen LogP contribution >= 0.6 is 0 Å². The predicted octanol–water partition coefficient (Wildman–Crippen LogP) is 2.34. The third-order valence-electron chi connectivity index (χ3n) is 3.07. The lowest BCUT2D eigenvalue weighted by Gasteiger charge is -2.20. The maximum absolute atomic E-state index is 11.9. The van der Waals surface area contributed by atoms with Gasteiger partial charge >= 0.3 is 0 Å². The number of rotatable bonds is 8. The van der Waals surface area contributed by atoms with Crippen LogP contribution in [0.4, 0.5) is 11.4 Å². The molecule has 0 heterocycles. The molecule has 5 heteroatoms. The van der Waals surface area contributed by atoms with E-state index < -0.39 is 0 Å². The number of benzene rings is 1. The van der Waals surface area contributed by atoms with E-state index in [1.165, 1.54) is 0 Å². The summed E-state index contributed by atoms with van der Waals surface area (Å²) in [6.45, 7) is 8.28. The summed E-state index contributed by atoms with van der Waals surface area (Å²) in [5.41, 5.74) is 7.32. The smallest absolute Gasteiger partial charge is 0.241 e. The molecule has 1 rings (SSSR count). The zero-order valence-electron chi connectivity index (χ0n) is 12.6. The van der Waals surface area contributed by atoms with Gasteiger partial charge in [-0.1, -0.05) is 13.0 Å². The molecule has 0 spiro atoms. The zero-order chi connectivity index (χ0) is 15.0. The van der Waals surface area contributed by atoms with Gasteiger partial charge in [0.25, 0.3) is 0 Å². The second kappa shape index (κ2) is 8.30. The Morgan fingerprint density at radius 2 is 2.00 bits per heavy atom. The van der Waals surface area contributed by atoms with Crippen molar-refractivity contribution in [1.82, 2.24) is 4.90 Å². The van der Waals surface area contributed by atoms with Gasteiger partial charge < -0.3 is 20.7 Å². The number of nitrogens with one attached hydrogen (secondary N) is 1. The highest BCUT2D eigenvalue weighted by Crippen LogP contribution is 2.29. The van der Waals surface area contributed by atoms with E-state index in [1.54, 1.807) is 4.90 Å². The molecule has 0 radical (unpaired) electrons. The second-order valence-corrected chi connectivity index (χ2v) is 4.49. The van der Waals surface area contributed by atoms with Crippen LogP contribution in [-0.4, -0.2) is 37.0 Å². The van der Waals surface area contributed by atoms with E-state index in [4.69, 9.17) is 10.5 Å². The average Bonchev–Trinajstić information content (AvgIpc) is 2.46. The van der Waals surface area contributed by atoms with Crippen molar-refractivity contribution >= 4 is 17.3 Å². The van der Waals surface area contributed by atoms with Gasteiger partial charge in [0.15, 0.2) is 0 Å². The maximum atomic E-state index is 11.9. The summed E-state index contributed by atoms with van der Waals surface area (Å²) >= 11 is 0. The summed E-state index contributed by atoms with van der Waals surface area (Å²) in [7, 11) is 0. The van der Waals surface area contributed by atoms with E-state index in [0.717, 1.165) is 12.1 Å². The topological polar surface area (TPSA) is 67.6 Å². The van der Waals surface area contributed by atoms with E-state index in [-0.39, 0.29) is 12.5 Å². The molecule has 3 N–H and O–H groups in total. The highest BCUT2D eigenvalue weighted by Gasteiger charge is 2.11. The van der Waals surface area contributed by atoms with E-state index >= 15 is 0 Å². The lowest BCUT2D eigenvalue weighted by Crippen LogP contribution is -2.35. The molecule has 0 aliphatic rings. The van der Waals surface area contributed by atoms with Crippen LogP contribution < -0.4 is 15.8 Å². The van der Waals surface area contributed by atoms with Crippen molar-refractivity contribution in [3.63, 3.8) is 0 Å². The van der Waals surface area contributed by atoms with Crippen molar-refractivity contribution < 1.29 is 9.53 Å². The zero-order valence-corrected chi connectivity index (χ0v) is 12.6. The molecule has 0 atom stereocenters. The quantitative estimate of drug-likeness (QED) is 0.717.